The fraction of sp³-hybridized carbons (Fsp3) is 0.348. The minimum atomic E-state index is -1.39. The van der Waals surface area contributed by atoms with Crippen LogP contribution in [-0.2, 0) is 32.0 Å². The Hall–Kier alpha value is -4.23. The Labute approximate surface area is 205 Å². The highest BCUT2D eigenvalue weighted by molar-refractivity contribution is 5.94. The van der Waals surface area contributed by atoms with Crippen LogP contribution in [-0.4, -0.2) is 79.6 Å². The number of amides is 3. The molecule has 4 unspecified atom stereocenters. The molecule has 192 valence electrons. The number of hydrogen-bond donors (Lipinski definition) is 8. The predicted molar refractivity (Wildman–Crippen MR) is 128 cm³/mol. The van der Waals surface area contributed by atoms with Gasteiger partial charge < -0.3 is 41.9 Å². The number of benzene rings is 1. The Morgan fingerprint density at radius 1 is 1.00 bits per heavy atom. The Morgan fingerprint density at radius 3 is 2.36 bits per heavy atom. The van der Waals surface area contributed by atoms with E-state index in [4.69, 9.17) is 10.8 Å². The number of H-pyrrole nitrogens is 2. The maximum atomic E-state index is 12.8. The van der Waals surface area contributed by atoms with Crippen LogP contribution >= 0.6 is 0 Å². The topological polar surface area (TPSA) is 215 Å². The summed E-state index contributed by atoms with van der Waals surface area (Å²) in [6.07, 6.45) is 4.74. The van der Waals surface area contributed by atoms with Gasteiger partial charge in [-0.3, -0.25) is 19.2 Å². The van der Waals surface area contributed by atoms with Crippen molar-refractivity contribution in [1.29, 1.82) is 0 Å². The van der Waals surface area contributed by atoms with E-state index in [9.17, 15) is 24.3 Å². The molecule has 13 heteroatoms. The molecule has 3 amide bonds. The number of nitrogens with zero attached hydrogens (tertiary/aromatic N) is 1. The lowest BCUT2D eigenvalue weighted by Crippen LogP contribution is -2.58. The maximum absolute atomic E-state index is 12.8. The van der Waals surface area contributed by atoms with Crippen molar-refractivity contribution >= 4 is 34.6 Å². The van der Waals surface area contributed by atoms with E-state index < -0.39 is 54.5 Å². The number of rotatable bonds is 12. The number of fused-ring (bicyclic) bond motifs is 1. The highest BCUT2D eigenvalue weighted by atomic mass is 16.4. The fourth-order valence-electron chi connectivity index (χ4n) is 3.58. The number of aliphatic hydroxyl groups excluding tert-OH is 1. The summed E-state index contributed by atoms with van der Waals surface area (Å²) in [5.41, 5.74) is 8.28. The van der Waals surface area contributed by atoms with Gasteiger partial charge in [-0.05, 0) is 25.0 Å². The molecule has 4 atom stereocenters. The summed E-state index contributed by atoms with van der Waals surface area (Å²) >= 11 is 0. The molecule has 9 N–H and O–H groups in total. The number of para-hydroxylation sites is 1. The molecule has 0 bridgehead atoms. The quantitative estimate of drug-likeness (QED) is 0.147. The minimum absolute atomic E-state index is 0.0317. The highest BCUT2D eigenvalue weighted by Crippen LogP contribution is 2.18. The van der Waals surface area contributed by atoms with Crippen molar-refractivity contribution in [2.24, 2.45) is 5.73 Å². The van der Waals surface area contributed by atoms with Crippen molar-refractivity contribution in [2.75, 3.05) is 6.61 Å². The second-order valence-electron chi connectivity index (χ2n) is 8.32. The van der Waals surface area contributed by atoms with Gasteiger partial charge in [-0.2, -0.15) is 0 Å². The van der Waals surface area contributed by atoms with E-state index in [1.54, 1.807) is 6.20 Å². The summed E-state index contributed by atoms with van der Waals surface area (Å²) in [5, 5.41) is 26.9. The van der Waals surface area contributed by atoms with Crippen molar-refractivity contribution in [3.8, 4) is 0 Å². The second-order valence-corrected chi connectivity index (χ2v) is 8.32. The maximum Gasteiger partial charge on any atom is 0.325 e. The number of aliphatic carboxylic acids is 1. The smallest absolute Gasteiger partial charge is 0.325 e. The Morgan fingerprint density at radius 2 is 1.69 bits per heavy atom. The lowest BCUT2D eigenvalue weighted by Gasteiger charge is -2.23. The Balaban J connectivity index is 1.64. The zero-order valence-electron chi connectivity index (χ0n) is 19.5. The molecule has 0 aliphatic rings. The second kappa shape index (κ2) is 12.0. The van der Waals surface area contributed by atoms with E-state index >= 15 is 0 Å². The van der Waals surface area contributed by atoms with Crippen molar-refractivity contribution in [1.82, 2.24) is 30.9 Å². The summed E-state index contributed by atoms with van der Waals surface area (Å²) in [6.45, 7) is 0.530. The summed E-state index contributed by atoms with van der Waals surface area (Å²) in [5.74, 6) is -3.51. The molecule has 0 saturated carbocycles. The van der Waals surface area contributed by atoms with Gasteiger partial charge in [-0.15, -0.1) is 0 Å². The first-order valence-corrected chi connectivity index (χ1v) is 11.2. The first kappa shape index (κ1) is 26.4. The van der Waals surface area contributed by atoms with E-state index in [0.717, 1.165) is 16.5 Å². The third kappa shape index (κ3) is 6.67. The van der Waals surface area contributed by atoms with E-state index in [0.29, 0.717) is 5.69 Å². The molecule has 0 radical (unpaired) electrons. The fourth-order valence-corrected chi connectivity index (χ4v) is 3.58. The molecule has 36 heavy (non-hydrogen) atoms. The summed E-state index contributed by atoms with van der Waals surface area (Å²) in [6, 6.07) is 2.73. The highest BCUT2D eigenvalue weighted by Gasteiger charge is 2.29. The summed E-state index contributed by atoms with van der Waals surface area (Å²) in [4.78, 5) is 59.0. The number of aromatic amines is 2. The molecule has 0 aliphatic heterocycles. The standard InChI is InChI=1S/C23H29N7O6/c1-12(23(35)36)28-21(33)18(7-14-9-25-11-27-14)29-22(34)19(10-31)30-20(32)16(24)6-13-8-26-17-5-3-2-4-15(13)17/h2-5,8-9,11-12,16,18-19,26,31H,6-7,10,24H2,1H3,(H,25,27)(H,28,33)(H,29,34)(H,30,32)(H,35,36). The molecule has 0 aliphatic carbocycles. The SMILES string of the molecule is CC(NC(=O)C(Cc1cnc[nH]1)NC(=O)C(CO)NC(=O)C(N)Cc1c[nH]c2ccccc12)C(=O)O. The number of carbonyl (C=O) groups excluding carboxylic acids is 3. The molecule has 13 nitrogen and oxygen atoms in total. The zero-order valence-corrected chi connectivity index (χ0v) is 19.5. The number of nitrogens with two attached hydrogens (primary N) is 1. The van der Waals surface area contributed by atoms with Crippen LogP contribution < -0.4 is 21.7 Å². The van der Waals surface area contributed by atoms with Crippen LogP contribution in [0.5, 0.6) is 0 Å². The molecular formula is C23H29N7O6. The third-order valence-electron chi connectivity index (χ3n) is 5.61. The Kier molecular flexibility index (Phi) is 8.76. The van der Waals surface area contributed by atoms with Crippen LogP contribution in [0.1, 0.15) is 18.2 Å². The third-order valence-corrected chi connectivity index (χ3v) is 5.61. The number of aliphatic hydroxyl groups is 1. The molecule has 0 fully saturated rings. The van der Waals surface area contributed by atoms with Crippen LogP contribution in [0.25, 0.3) is 10.9 Å². The van der Waals surface area contributed by atoms with E-state index in [2.05, 4.69) is 30.9 Å². The lowest BCUT2D eigenvalue weighted by molar-refractivity contribution is -0.141. The average Bonchev–Trinajstić information content (AvgIpc) is 3.51. The van der Waals surface area contributed by atoms with Gasteiger partial charge in [0, 0.05) is 35.4 Å². The number of imidazole rings is 1. The molecule has 3 aromatic rings. The first-order chi connectivity index (χ1) is 17.2. The number of hydrogen-bond acceptors (Lipinski definition) is 7. The van der Waals surface area contributed by atoms with Crippen molar-refractivity contribution in [2.45, 2.75) is 43.9 Å². The van der Waals surface area contributed by atoms with Gasteiger partial charge in [0.15, 0.2) is 0 Å². The minimum Gasteiger partial charge on any atom is -0.480 e. The van der Waals surface area contributed by atoms with Crippen LogP contribution in [0.2, 0.25) is 0 Å². The largest absolute Gasteiger partial charge is 0.480 e. The number of nitrogens with one attached hydrogen (secondary N) is 5. The van der Waals surface area contributed by atoms with Crippen LogP contribution in [0, 0.1) is 0 Å². The zero-order chi connectivity index (χ0) is 26.2. The molecule has 0 saturated heterocycles. The number of carbonyl (C=O) groups is 4. The predicted octanol–water partition coefficient (Wildman–Crippen LogP) is -1.45. The monoisotopic (exact) mass is 499 g/mol. The normalized spacial score (nSPS) is 14.4. The van der Waals surface area contributed by atoms with Crippen LogP contribution in [0.3, 0.4) is 0 Å². The van der Waals surface area contributed by atoms with Crippen molar-refractivity contribution < 1.29 is 29.4 Å². The molecule has 2 aromatic heterocycles. The Bertz CT molecular complexity index is 1210. The molecule has 3 rings (SSSR count). The van der Waals surface area contributed by atoms with Gasteiger partial charge in [-0.25, -0.2) is 4.98 Å². The molecule has 0 spiro atoms. The van der Waals surface area contributed by atoms with E-state index in [-0.39, 0.29) is 12.8 Å². The lowest BCUT2D eigenvalue weighted by atomic mass is 10.0. The van der Waals surface area contributed by atoms with E-state index in [1.165, 1.54) is 19.4 Å². The van der Waals surface area contributed by atoms with Gasteiger partial charge >= 0.3 is 5.97 Å². The summed E-state index contributed by atoms with van der Waals surface area (Å²) in [7, 11) is 0. The van der Waals surface area contributed by atoms with Gasteiger partial charge in [0.05, 0.1) is 19.0 Å². The van der Waals surface area contributed by atoms with E-state index in [1.807, 2.05) is 24.3 Å². The molecule has 2 heterocycles. The van der Waals surface area contributed by atoms with Gasteiger partial charge in [0.25, 0.3) is 0 Å². The summed E-state index contributed by atoms with van der Waals surface area (Å²) < 4.78 is 0. The van der Waals surface area contributed by atoms with Crippen LogP contribution in [0.15, 0.2) is 43.0 Å². The number of carboxylic acid groups (broad SMARTS) is 1. The van der Waals surface area contributed by atoms with Crippen molar-refractivity contribution in [3.63, 3.8) is 0 Å². The first-order valence-electron chi connectivity index (χ1n) is 11.2. The van der Waals surface area contributed by atoms with Gasteiger partial charge in [-0.1, -0.05) is 18.2 Å². The molecule has 1 aromatic carbocycles. The molecular weight excluding hydrogens is 470 g/mol. The van der Waals surface area contributed by atoms with Gasteiger partial charge in [0.2, 0.25) is 17.7 Å². The van der Waals surface area contributed by atoms with Gasteiger partial charge in [0.1, 0.15) is 18.1 Å². The average molecular weight is 500 g/mol. The number of carboxylic acids is 1. The van der Waals surface area contributed by atoms with Crippen LogP contribution in [0.4, 0.5) is 0 Å². The van der Waals surface area contributed by atoms with Crippen molar-refractivity contribution in [3.05, 3.63) is 54.2 Å². The number of aromatic nitrogens is 3.